The predicted molar refractivity (Wildman–Crippen MR) is 99.4 cm³/mol. The van der Waals surface area contributed by atoms with Crippen LogP contribution in [0.4, 0.5) is 4.39 Å². The van der Waals surface area contributed by atoms with Gasteiger partial charge in [0.1, 0.15) is 24.9 Å². The molecule has 2 heterocycles. The van der Waals surface area contributed by atoms with Crippen molar-refractivity contribution in [2.75, 3.05) is 13.2 Å². The van der Waals surface area contributed by atoms with Crippen molar-refractivity contribution in [3.05, 3.63) is 35.4 Å². The van der Waals surface area contributed by atoms with Gasteiger partial charge in [-0.15, -0.1) is 0 Å². The molecule has 0 spiro atoms. The molecule has 0 aromatic heterocycles. The summed E-state index contributed by atoms with van der Waals surface area (Å²) in [4.78, 5) is 39.3. The Labute approximate surface area is 163 Å². The summed E-state index contributed by atoms with van der Waals surface area (Å²) in [6.45, 7) is -0.312. The van der Waals surface area contributed by atoms with Gasteiger partial charge in [0.25, 0.3) is 0 Å². The van der Waals surface area contributed by atoms with Crippen LogP contribution < -0.4 is 5.73 Å². The summed E-state index contributed by atoms with van der Waals surface area (Å²) < 4.78 is 19.7. The highest BCUT2D eigenvalue weighted by atomic mass is 19.1. The number of alkyl halides is 1. The first kappa shape index (κ1) is 19.1. The van der Waals surface area contributed by atoms with Crippen molar-refractivity contribution in [1.82, 2.24) is 4.90 Å². The maximum absolute atomic E-state index is 14.4. The van der Waals surface area contributed by atoms with Gasteiger partial charge in [-0.1, -0.05) is 37.5 Å². The number of amides is 2. The molecule has 7 heteroatoms. The zero-order valence-corrected chi connectivity index (χ0v) is 15.7. The number of carbonyl (C=O) groups is 3. The van der Waals surface area contributed by atoms with E-state index in [0.717, 1.165) is 32.1 Å². The van der Waals surface area contributed by atoms with Crippen LogP contribution in [0.3, 0.4) is 0 Å². The summed E-state index contributed by atoms with van der Waals surface area (Å²) in [6, 6.07) is 6.00. The highest BCUT2D eigenvalue weighted by Gasteiger charge is 2.54. The number of fused-ring (bicyclic) bond motifs is 1. The van der Waals surface area contributed by atoms with E-state index in [2.05, 4.69) is 0 Å². The van der Waals surface area contributed by atoms with Crippen LogP contribution in [-0.4, -0.2) is 54.0 Å². The minimum Gasteiger partial charge on any atom is -0.366 e. The van der Waals surface area contributed by atoms with Crippen LogP contribution in [0.15, 0.2) is 24.3 Å². The van der Waals surface area contributed by atoms with Crippen molar-refractivity contribution in [3.63, 3.8) is 0 Å². The predicted octanol–water partition coefficient (Wildman–Crippen LogP) is 1.97. The molecular formula is C21H25FN2O4. The lowest BCUT2D eigenvalue weighted by molar-refractivity contribution is -0.139. The molecule has 4 rings (SSSR count). The molecule has 0 bridgehead atoms. The Morgan fingerprint density at radius 1 is 1.18 bits per heavy atom. The summed E-state index contributed by atoms with van der Waals surface area (Å²) in [5.74, 6) is -1.72. The van der Waals surface area contributed by atoms with Crippen LogP contribution in [0.2, 0.25) is 0 Å². The molecule has 3 fully saturated rings. The standard InChI is InChI=1S/C21H25FN2O4/c22-15-10-24(18-16(25)11-28-19(15)18)21(27)17(12-6-2-1-3-7-12)13-8-4-5-9-14(13)20(23)26/h4-5,8-9,12,15,17-19H,1-3,6-7,10-11H2,(H2,23,26)/t15-,17-,18+,19+/m0/s1. The largest absolute Gasteiger partial charge is 0.366 e. The third kappa shape index (κ3) is 3.21. The van der Waals surface area contributed by atoms with Crippen molar-refractivity contribution >= 4 is 17.6 Å². The van der Waals surface area contributed by atoms with Crippen LogP contribution in [0.1, 0.15) is 53.9 Å². The molecule has 2 N–H and O–H groups in total. The second kappa shape index (κ2) is 7.62. The molecule has 0 radical (unpaired) electrons. The van der Waals surface area contributed by atoms with E-state index in [1.807, 2.05) is 0 Å². The van der Waals surface area contributed by atoms with E-state index < -0.39 is 30.1 Å². The minimum absolute atomic E-state index is 0.0382. The Morgan fingerprint density at radius 3 is 2.61 bits per heavy atom. The average molecular weight is 388 g/mol. The zero-order valence-electron chi connectivity index (χ0n) is 15.7. The van der Waals surface area contributed by atoms with Gasteiger partial charge < -0.3 is 15.4 Å². The molecule has 4 atom stereocenters. The molecule has 2 amide bonds. The Morgan fingerprint density at radius 2 is 1.89 bits per heavy atom. The highest BCUT2D eigenvalue weighted by Crippen LogP contribution is 2.41. The number of hydrogen-bond acceptors (Lipinski definition) is 4. The van der Waals surface area contributed by atoms with Crippen molar-refractivity contribution in [1.29, 1.82) is 0 Å². The van der Waals surface area contributed by atoms with E-state index in [-0.39, 0.29) is 30.8 Å². The number of primary amides is 1. The lowest BCUT2D eigenvalue weighted by Gasteiger charge is -2.34. The first-order valence-corrected chi connectivity index (χ1v) is 9.96. The van der Waals surface area contributed by atoms with E-state index >= 15 is 0 Å². The van der Waals surface area contributed by atoms with E-state index in [4.69, 9.17) is 10.5 Å². The monoisotopic (exact) mass is 388 g/mol. The summed E-state index contributed by atoms with van der Waals surface area (Å²) in [5, 5.41) is 0. The molecule has 2 aliphatic heterocycles. The number of carbonyl (C=O) groups excluding carboxylic acids is 3. The number of ether oxygens (including phenoxy) is 1. The highest BCUT2D eigenvalue weighted by molar-refractivity contribution is 5.99. The Bertz CT molecular complexity index is 792. The van der Waals surface area contributed by atoms with Gasteiger partial charge in [-0.3, -0.25) is 14.4 Å². The molecule has 1 aliphatic carbocycles. The van der Waals surface area contributed by atoms with Gasteiger partial charge in [0, 0.05) is 5.56 Å². The molecule has 3 aliphatic rings. The van der Waals surface area contributed by atoms with Gasteiger partial charge in [-0.25, -0.2) is 4.39 Å². The molecule has 28 heavy (non-hydrogen) atoms. The zero-order chi connectivity index (χ0) is 19.8. The Balaban J connectivity index is 1.73. The van der Waals surface area contributed by atoms with E-state index in [1.165, 1.54) is 4.90 Å². The second-order valence-electron chi connectivity index (χ2n) is 8.02. The third-order valence-corrected chi connectivity index (χ3v) is 6.35. The number of hydrogen-bond donors (Lipinski definition) is 1. The number of rotatable bonds is 4. The molecule has 1 aromatic rings. The van der Waals surface area contributed by atoms with Crippen molar-refractivity contribution < 1.29 is 23.5 Å². The van der Waals surface area contributed by atoms with E-state index in [0.29, 0.717) is 11.1 Å². The quantitative estimate of drug-likeness (QED) is 0.854. The SMILES string of the molecule is NC(=O)c1ccccc1[C@@H](C(=O)N1C[C@H](F)[C@H]2OCC(=O)[C@H]21)C1CCCCC1. The van der Waals surface area contributed by atoms with E-state index in [1.54, 1.807) is 24.3 Å². The Kier molecular flexibility index (Phi) is 5.19. The van der Waals surface area contributed by atoms with Gasteiger partial charge in [0.2, 0.25) is 11.8 Å². The number of Topliss-reactive ketones (excluding diaryl/α,β-unsaturated/α-hetero) is 1. The molecule has 1 aromatic carbocycles. The normalized spacial score (nSPS) is 29.0. The topological polar surface area (TPSA) is 89.7 Å². The smallest absolute Gasteiger partial charge is 0.249 e. The molecule has 150 valence electrons. The van der Waals surface area contributed by atoms with Crippen molar-refractivity contribution in [3.8, 4) is 0 Å². The molecule has 1 saturated carbocycles. The van der Waals surface area contributed by atoms with Gasteiger partial charge >= 0.3 is 0 Å². The maximum atomic E-state index is 14.4. The fourth-order valence-electron chi connectivity index (χ4n) is 5.05. The second-order valence-corrected chi connectivity index (χ2v) is 8.02. The molecular weight excluding hydrogens is 363 g/mol. The van der Waals surface area contributed by atoms with Crippen molar-refractivity contribution in [2.24, 2.45) is 11.7 Å². The summed E-state index contributed by atoms with van der Waals surface area (Å²) >= 11 is 0. The lowest BCUT2D eigenvalue weighted by Crippen LogP contribution is -2.46. The van der Waals surface area contributed by atoms with Crippen LogP contribution in [0.25, 0.3) is 0 Å². The Hall–Kier alpha value is -2.28. The summed E-state index contributed by atoms with van der Waals surface area (Å²) in [7, 11) is 0. The van der Waals surface area contributed by atoms with Crippen LogP contribution in [-0.2, 0) is 14.3 Å². The van der Waals surface area contributed by atoms with Crippen molar-refractivity contribution in [2.45, 2.75) is 56.3 Å². The average Bonchev–Trinajstić information content (AvgIpc) is 3.24. The summed E-state index contributed by atoms with van der Waals surface area (Å²) in [6.07, 6.45) is 2.58. The van der Waals surface area contributed by atoms with Crippen LogP contribution in [0.5, 0.6) is 0 Å². The van der Waals surface area contributed by atoms with E-state index in [9.17, 15) is 18.8 Å². The number of benzene rings is 1. The molecule has 6 nitrogen and oxygen atoms in total. The van der Waals surface area contributed by atoms with Crippen LogP contribution in [0, 0.1) is 5.92 Å². The lowest BCUT2D eigenvalue weighted by atomic mass is 9.74. The minimum atomic E-state index is -1.38. The number of nitrogens with two attached hydrogens (primary N) is 1. The first-order valence-electron chi connectivity index (χ1n) is 9.96. The fraction of sp³-hybridized carbons (Fsp3) is 0.571. The fourth-order valence-corrected chi connectivity index (χ4v) is 5.05. The maximum Gasteiger partial charge on any atom is 0.249 e. The van der Waals surface area contributed by atoms with Gasteiger partial charge in [-0.05, 0) is 30.4 Å². The number of ketones is 1. The molecule has 0 unspecified atom stereocenters. The third-order valence-electron chi connectivity index (χ3n) is 6.35. The number of halogens is 1. The first-order chi connectivity index (χ1) is 13.5. The number of nitrogens with zero attached hydrogens (tertiary/aromatic N) is 1. The van der Waals surface area contributed by atoms with Gasteiger partial charge in [0.05, 0.1) is 12.5 Å². The van der Waals surface area contributed by atoms with Gasteiger partial charge in [0.15, 0.2) is 5.78 Å². The number of likely N-dealkylation sites (tertiary alicyclic amines) is 1. The van der Waals surface area contributed by atoms with Gasteiger partial charge in [-0.2, -0.15) is 0 Å². The summed E-state index contributed by atoms with van der Waals surface area (Å²) in [5.41, 5.74) is 6.46. The van der Waals surface area contributed by atoms with Crippen LogP contribution >= 0.6 is 0 Å². The molecule has 2 saturated heterocycles.